The number of ether oxygens (including phenoxy) is 1. The molecule has 0 aromatic rings. The molecule has 0 spiro atoms. The minimum atomic E-state index is 0.505. The molecule has 1 saturated carbocycles. The highest BCUT2D eigenvalue weighted by atomic mass is 16.5. The molecular formula is C13H22O. The normalized spacial score (nSPS) is 31.4. The van der Waals surface area contributed by atoms with Crippen LogP contribution in [0.4, 0.5) is 0 Å². The van der Waals surface area contributed by atoms with Crippen LogP contribution in [-0.4, -0.2) is 12.7 Å². The van der Waals surface area contributed by atoms with Crippen molar-refractivity contribution in [3.05, 3.63) is 12.2 Å². The molecule has 0 N–H and O–H groups in total. The van der Waals surface area contributed by atoms with Crippen LogP contribution in [-0.2, 0) is 4.74 Å². The average Bonchev–Trinajstić information content (AvgIpc) is 2.44. The summed E-state index contributed by atoms with van der Waals surface area (Å²) in [6.07, 6.45) is 11.0. The molecule has 1 unspecified atom stereocenters. The van der Waals surface area contributed by atoms with Gasteiger partial charge in [-0.15, -0.1) is 0 Å². The minimum absolute atomic E-state index is 0.505. The van der Waals surface area contributed by atoms with Crippen molar-refractivity contribution in [2.45, 2.75) is 57.5 Å². The Bertz CT molecular complexity index is 191. The fraction of sp³-hybridized carbons (Fsp3) is 0.846. The predicted molar refractivity (Wildman–Crippen MR) is 59.3 cm³/mol. The van der Waals surface area contributed by atoms with Crippen molar-refractivity contribution in [3.8, 4) is 0 Å². The van der Waals surface area contributed by atoms with Crippen LogP contribution >= 0.6 is 0 Å². The highest BCUT2D eigenvalue weighted by Gasteiger charge is 2.25. The van der Waals surface area contributed by atoms with Gasteiger partial charge in [0, 0.05) is 6.61 Å². The lowest BCUT2D eigenvalue weighted by molar-refractivity contribution is 0.00766. The van der Waals surface area contributed by atoms with E-state index in [1.54, 1.807) is 0 Å². The summed E-state index contributed by atoms with van der Waals surface area (Å²) in [4.78, 5) is 0. The highest BCUT2D eigenvalue weighted by molar-refractivity contribution is 4.99. The fourth-order valence-electron chi connectivity index (χ4n) is 2.81. The SMILES string of the molecule is C=C1CCCOC(C2CCCCC2)C1. The van der Waals surface area contributed by atoms with Gasteiger partial charge in [0.05, 0.1) is 6.10 Å². The molecule has 1 heteroatoms. The lowest BCUT2D eigenvalue weighted by atomic mass is 9.83. The second-order valence-electron chi connectivity index (χ2n) is 4.87. The van der Waals surface area contributed by atoms with Crippen molar-refractivity contribution in [2.75, 3.05) is 6.61 Å². The standard InChI is InChI=1S/C13H22O/c1-11-6-5-9-14-13(10-11)12-7-3-2-4-8-12/h12-13H,1-10H2. The Morgan fingerprint density at radius 2 is 1.86 bits per heavy atom. The van der Waals surface area contributed by atoms with E-state index in [4.69, 9.17) is 4.74 Å². The van der Waals surface area contributed by atoms with Gasteiger partial charge in [0.15, 0.2) is 0 Å². The van der Waals surface area contributed by atoms with E-state index < -0.39 is 0 Å². The maximum atomic E-state index is 5.95. The maximum Gasteiger partial charge on any atom is 0.0640 e. The summed E-state index contributed by atoms with van der Waals surface area (Å²) in [7, 11) is 0. The monoisotopic (exact) mass is 194 g/mol. The van der Waals surface area contributed by atoms with E-state index >= 15 is 0 Å². The zero-order valence-electron chi connectivity index (χ0n) is 9.13. The van der Waals surface area contributed by atoms with Crippen LogP contribution in [0.3, 0.4) is 0 Å². The minimum Gasteiger partial charge on any atom is -0.378 e. The molecule has 14 heavy (non-hydrogen) atoms. The Morgan fingerprint density at radius 1 is 1.07 bits per heavy atom. The summed E-state index contributed by atoms with van der Waals surface area (Å²) in [6.45, 7) is 5.10. The van der Waals surface area contributed by atoms with E-state index in [1.807, 2.05) is 0 Å². The summed E-state index contributed by atoms with van der Waals surface area (Å²) in [5.74, 6) is 0.832. The Labute approximate surface area is 87.5 Å². The number of rotatable bonds is 1. The smallest absolute Gasteiger partial charge is 0.0640 e. The first kappa shape index (κ1) is 10.2. The summed E-state index contributed by atoms with van der Waals surface area (Å²) in [5.41, 5.74) is 1.41. The second-order valence-corrected chi connectivity index (χ2v) is 4.87. The molecule has 2 fully saturated rings. The zero-order chi connectivity index (χ0) is 9.80. The molecular weight excluding hydrogens is 172 g/mol. The Hall–Kier alpha value is -0.300. The number of hydrogen-bond donors (Lipinski definition) is 0. The van der Waals surface area contributed by atoms with Crippen molar-refractivity contribution in [2.24, 2.45) is 5.92 Å². The van der Waals surface area contributed by atoms with Crippen LogP contribution in [0, 0.1) is 5.92 Å². The van der Waals surface area contributed by atoms with Gasteiger partial charge in [-0.2, -0.15) is 0 Å². The quantitative estimate of drug-likeness (QED) is 0.578. The van der Waals surface area contributed by atoms with Crippen LogP contribution in [0.2, 0.25) is 0 Å². The van der Waals surface area contributed by atoms with Gasteiger partial charge in [-0.1, -0.05) is 31.4 Å². The second kappa shape index (κ2) is 4.97. The lowest BCUT2D eigenvalue weighted by Gasteiger charge is -2.29. The average molecular weight is 194 g/mol. The van der Waals surface area contributed by atoms with Crippen LogP contribution in [0.1, 0.15) is 51.4 Å². The van der Waals surface area contributed by atoms with E-state index in [1.165, 1.54) is 50.5 Å². The molecule has 1 heterocycles. The first-order valence-corrected chi connectivity index (χ1v) is 6.14. The van der Waals surface area contributed by atoms with E-state index in [-0.39, 0.29) is 0 Å². The van der Waals surface area contributed by atoms with Gasteiger partial charge < -0.3 is 4.74 Å². The van der Waals surface area contributed by atoms with Gasteiger partial charge in [0.25, 0.3) is 0 Å². The lowest BCUT2D eigenvalue weighted by Crippen LogP contribution is -2.25. The molecule has 0 aromatic heterocycles. The molecule has 2 rings (SSSR count). The first-order chi connectivity index (χ1) is 6.86. The van der Waals surface area contributed by atoms with Crippen molar-refractivity contribution in [1.82, 2.24) is 0 Å². The molecule has 1 saturated heterocycles. The third kappa shape index (κ3) is 2.60. The van der Waals surface area contributed by atoms with Gasteiger partial charge >= 0.3 is 0 Å². The van der Waals surface area contributed by atoms with Gasteiger partial charge in [-0.3, -0.25) is 0 Å². The molecule has 0 aromatic carbocycles. The molecule has 1 atom stereocenters. The van der Waals surface area contributed by atoms with Gasteiger partial charge in [-0.25, -0.2) is 0 Å². The predicted octanol–water partition coefficient (Wildman–Crippen LogP) is 3.69. The van der Waals surface area contributed by atoms with Gasteiger partial charge in [0.1, 0.15) is 0 Å². The third-order valence-corrected chi connectivity index (χ3v) is 3.67. The van der Waals surface area contributed by atoms with Crippen molar-refractivity contribution < 1.29 is 4.74 Å². The third-order valence-electron chi connectivity index (χ3n) is 3.67. The molecule has 1 aliphatic heterocycles. The summed E-state index contributed by atoms with van der Waals surface area (Å²) in [6, 6.07) is 0. The summed E-state index contributed by atoms with van der Waals surface area (Å²) >= 11 is 0. The maximum absolute atomic E-state index is 5.95. The van der Waals surface area contributed by atoms with Gasteiger partial charge in [-0.05, 0) is 38.0 Å². The zero-order valence-corrected chi connectivity index (χ0v) is 9.13. The van der Waals surface area contributed by atoms with E-state index in [9.17, 15) is 0 Å². The Balaban J connectivity index is 1.90. The Kier molecular flexibility index (Phi) is 3.63. The van der Waals surface area contributed by atoms with Crippen LogP contribution < -0.4 is 0 Å². The van der Waals surface area contributed by atoms with Crippen molar-refractivity contribution >= 4 is 0 Å². The number of hydrogen-bond acceptors (Lipinski definition) is 1. The molecule has 80 valence electrons. The molecule has 0 amide bonds. The fourth-order valence-corrected chi connectivity index (χ4v) is 2.81. The Morgan fingerprint density at radius 3 is 2.64 bits per heavy atom. The van der Waals surface area contributed by atoms with Gasteiger partial charge in [0.2, 0.25) is 0 Å². The molecule has 0 radical (unpaired) electrons. The summed E-state index contributed by atoms with van der Waals surface area (Å²) < 4.78 is 5.95. The molecule has 0 bridgehead atoms. The van der Waals surface area contributed by atoms with E-state index in [0.717, 1.165) is 18.9 Å². The topological polar surface area (TPSA) is 9.23 Å². The van der Waals surface area contributed by atoms with Crippen LogP contribution in [0.25, 0.3) is 0 Å². The largest absolute Gasteiger partial charge is 0.378 e. The highest BCUT2D eigenvalue weighted by Crippen LogP contribution is 2.32. The first-order valence-electron chi connectivity index (χ1n) is 6.14. The summed E-state index contributed by atoms with van der Waals surface area (Å²) in [5, 5.41) is 0. The molecule has 1 nitrogen and oxygen atoms in total. The van der Waals surface area contributed by atoms with Crippen LogP contribution in [0.5, 0.6) is 0 Å². The van der Waals surface area contributed by atoms with Crippen LogP contribution in [0.15, 0.2) is 12.2 Å². The van der Waals surface area contributed by atoms with E-state index in [0.29, 0.717) is 6.10 Å². The van der Waals surface area contributed by atoms with Crippen molar-refractivity contribution in [3.63, 3.8) is 0 Å². The van der Waals surface area contributed by atoms with Crippen molar-refractivity contribution in [1.29, 1.82) is 0 Å². The molecule has 1 aliphatic carbocycles. The molecule has 2 aliphatic rings. The van der Waals surface area contributed by atoms with E-state index in [2.05, 4.69) is 6.58 Å².